The highest BCUT2D eigenvalue weighted by atomic mass is 19.1. The molecule has 206 valence electrons. The minimum Gasteiger partial charge on any atom is -0.455 e. The van der Waals surface area contributed by atoms with Crippen LogP contribution in [0.15, 0.2) is 29.2 Å². The SMILES string of the molecule is C=CC[C@H]1C(=O)C(C)(C)[C@@H](O)CC(=O)O[C@H](C(F)=Cc2coc(C)n2)C[C@@H]2O[C@]2(C)CCO[C@H](C)[C@H]1O. The first kappa shape index (κ1) is 29.2. The summed E-state index contributed by atoms with van der Waals surface area (Å²) in [6, 6.07) is 0. The Morgan fingerprint density at radius 1 is 1.30 bits per heavy atom. The molecule has 2 saturated heterocycles. The lowest BCUT2D eigenvalue weighted by atomic mass is 9.72. The fourth-order valence-electron chi connectivity index (χ4n) is 4.62. The van der Waals surface area contributed by atoms with Crippen LogP contribution in [0, 0.1) is 18.3 Å². The molecular weight excluding hydrogens is 485 g/mol. The van der Waals surface area contributed by atoms with Gasteiger partial charge in [-0.1, -0.05) is 19.9 Å². The number of cyclic esters (lactones) is 1. The van der Waals surface area contributed by atoms with Crippen molar-refractivity contribution in [3.05, 3.63) is 36.3 Å². The van der Waals surface area contributed by atoms with Crippen molar-refractivity contribution in [3.8, 4) is 0 Å². The molecule has 2 N–H and O–H groups in total. The van der Waals surface area contributed by atoms with Gasteiger partial charge in [0.2, 0.25) is 0 Å². The third kappa shape index (κ3) is 6.93. The number of hydrogen-bond donors (Lipinski definition) is 2. The van der Waals surface area contributed by atoms with Crippen molar-refractivity contribution in [2.24, 2.45) is 11.3 Å². The number of halogens is 1. The van der Waals surface area contributed by atoms with Crippen LogP contribution >= 0.6 is 0 Å². The molecule has 1 aromatic rings. The third-order valence-corrected chi connectivity index (χ3v) is 7.43. The van der Waals surface area contributed by atoms with E-state index < -0.39 is 71.5 Å². The van der Waals surface area contributed by atoms with Crippen molar-refractivity contribution in [3.63, 3.8) is 0 Å². The van der Waals surface area contributed by atoms with E-state index in [1.807, 2.05) is 6.92 Å². The molecule has 1 aromatic heterocycles. The van der Waals surface area contributed by atoms with Crippen LogP contribution in [0.1, 0.15) is 65.0 Å². The Kier molecular flexibility index (Phi) is 9.10. The number of carbonyl (C=O) groups excluding carboxylic acids is 2. The number of aliphatic hydroxyl groups excluding tert-OH is 2. The van der Waals surface area contributed by atoms with Crippen LogP contribution in [0.3, 0.4) is 0 Å². The smallest absolute Gasteiger partial charge is 0.309 e. The van der Waals surface area contributed by atoms with Crippen LogP contribution < -0.4 is 0 Å². The number of oxazole rings is 1. The van der Waals surface area contributed by atoms with E-state index in [1.165, 1.54) is 26.2 Å². The molecule has 2 aliphatic rings. The number of Topliss-reactive ketones (excluding diaryl/α,β-unsaturated/α-hetero) is 1. The maximum absolute atomic E-state index is 15.3. The van der Waals surface area contributed by atoms with Crippen molar-refractivity contribution in [1.29, 1.82) is 0 Å². The molecule has 2 aliphatic heterocycles. The number of carbonyl (C=O) groups is 2. The molecular formula is C27H38FNO8. The minimum absolute atomic E-state index is 0.0411. The molecule has 3 heterocycles. The Balaban J connectivity index is 1.88. The second kappa shape index (κ2) is 11.6. The molecule has 0 aliphatic carbocycles. The van der Waals surface area contributed by atoms with Gasteiger partial charge in [0.25, 0.3) is 0 Å². The van der Waals surface area contributed by atoms with E-state index in [9.17, 15) is 19.8 Å². The fraction of sp³-hybridized carbons (Fsp3) is 0.667. The Bertz CT molecular complexity index is 1020. The van der Waals surface area contributed by atoms with Gasteiger partial charge < -0.3 is 28.8 Å². The highest BCUT2D eigenvalue weighted by molar-refractivity contribution is 5.88. The summed E-state index contributed by atoms with van der Waals surface area (Å²) in [5.41, 5.74) is -1.81. The first-order valence-electron chi connectivity index (χ1n) is 12.6. The first-order valence-corrected chi connectivity index (χ1v) is 12.6. The zero-order valence-electron chi connectivity index (χ0n) is 22.1. The Hall–Kier alpha value is -2.40. The molecule has 2 fully saturated rings. The second-order valence-corrected chi connectivity index (χ2v) is 10.7. The summed E-state index contributed by atoms with van der Waals surface area (Å²) < 4.78 is 37.5. The second-order valence-electron chi connectivity index (χ2n) is 10.7. The monoisotopic (exact) mass is 523 g/mol. The Morgan fingerprint density at radius 3 is 2.62 bits per heavy atom. The average molecular weight is 524 g/mol. The standard InChI is InChI=1S/C27H38FNO8/c1-7-8-18-24(32)15(2)34-10-9-27(6)22(37-27)12-20(19(28)11-17-14-35-16(3)29-17)36-23(31)13-21(30)26(4,5)25(18)33/h7,11,14-15,18,20-22,24,30,32H,1,8-10,12-13H2,2-6H3/t15-,18-,20+,21+,22+,24-,27-/m1/s1. The van der Waals surface area contributed by atoms with Crippen LogP contribution in [0.2, 0.25) is 0 Å². The van der Waals surface area contributed by atoms with Crippen LogP contribution in [-0.4, -0.2) is 69.7 Å². The minimum atomic E-state index is -1.44. The number of fused-ring (bicyclic) bond motifs is 1. The van der Waals surface area contributed by atoms with Crippen LogP contribution in [0.25, 0.3) is 6.08 Å². The average Bonchev–Trinajstić information content (AvgIpc) is 3.27. The van der Waals surface area contributed by atoms with E-state index in [0.29, 0.717) is 12.3 Å². The topological polar surface area (TPSA) is 132 Å². The summed E-state index contributed by atoms with van der Waals surface area (Å²) in [5.74, 6) is -2.60. The van der Waals surface area contributed by atoms with Gasteiger partial charge in [0.05, 0.1) is 47.8 Å². The first-order chi connectivity index (χ1) is 17.3. The third-order valence-electron chi connectivity index (χ3n) is 7.43. The summed E-state index contributed by atoms with van der Waals surface area (Å²) in [6.45, 7) is 12.1. The number of aryl methyl sites for hydroxylation is 1. The normalized spacial score (nSPS) is 35.9. The van der Waals surface area contributed by atoms with E-state index in [1.54, 1.807) is 13.8 Å². The summed E-state index contributed by atoms with van der Waals surface area (Å²) in [4.78, 5) is 30.3. The van der Waals surface area contributed by atoms with Crippen LogP contribution in [0.4, 0.5) is 4.39 Å². The van der Waals surface area contributed by atoms with Crippen molar-refractivity contribution in [2.45, 2.75) is 96.4 Å². The molecule has 0 unspecified atom stereocenters. The summed E-state index contributed by atoms with van der Waals surface area (Å²) in [7, 11) is 0. The van der Waals surface area contributed by atoms with Gasteiger partial charge in [0.15, 0.2) is 12.0 Å². The van der Waals surface area contributed by atoms with Crippen LogP contribution in [0.5, 0.6) is 0 Å². The highest BCUT2D eigenvalue weighted by Crippen LogP contribution is 2.44. The van der Waals surface area contributed by atoms with Crippen molar-refractivity contribution in [2.75, 3.05) is 6.61 Å². The molecule has 0 amide bonds. The van der Waals surface area contributed by atoms with E-state index in [-0.39, 0.29) is 25.1 Å². The molecule has 3 rings (SSSR count). The molecule has 7 atom stereocenters. The predicted molar refractivity (Wildman–Crippen MR) is 132 cm³/mol. The lowest BCUT2D eigenvalue weighted by molar-refractivity contribution is -0.156. The fourth-order valence-corrected chi connectivity index (χ4v) is 4.62. The maximum atomic E-state index is 15.3. The summed E-state index contributed by atoms with van der Waals surface area (Å²) in [5, 5.41) is 21.8. The largest absolute Gasteiger partial charge is 0.455 e. The number of nitrogens with zero attached hydrogens (tertiary/aromatic N) is 1. The number of allylic oxidation sites excluding steroid dienone is 1. The van der Waals surface area contributed by atoms with Crippen molar-refractivity contribution < 1.29 is 42.8 Å². The number of epoxide rings is 1. The number of aliphatic hydroxyl groups is 2. The van der Waals surface area contributed by atoms with Crippen molar-refractivity contribution >= 4 is 17.8 Å². The Labute approximate surface area is 216 Å². The van der Waals surface area contributed by atoms with Gasteiger partial charge >= 0.3 is 5.97 Å². The lowest BCUT2D eigenvalue weighted by Crippen LogP contribution is -2.48. The van der Waals surface area contributed by atoms with Gasteiger partial charge in [0.1, 0.15) is 23.6 Å². The number of ether oxygens (including phenoxy) is 3. The quantitative estimate of drug-likeness (QED) is 0.346. The molecule has 0 radical (unpaired) electrons. The number of ketones is 1. The molecule has 9 nitrogen and oxygen atoms in total. The van der Waals surface area contributed by atoms with Gasteiger partial charge in [-0.05, 0) is 20.3 Å². The molecule has 0 bridgehead atoms. The van der Waals surface area contributed by atoms with Gasteiger partial charge in [-0.25, -0.2) is 9.37 Å². The van der Waals surface area contributed by atoms with Gasteiger partial charge in [-0.2, -0.15) is 0 Å². The van der Waals surface area contributed by atoms with Gasteiger partial charge in [-0.15, -0.1) is 6.58 Å². The zero-order chi connectivity index (χ0) is 27.5. The van der Waals surface area contributed by atoms with E-state index >= 15 is 4.39 Å². The van der Waals surface area contributed by atoms with Crippen LogP contribution in [-0.2, 0) is 23.8 Å². The highest BCUT2D eigenvalue weighted by Gasteiger charge is 2.53. The molecule has 0 spiro atoms. The van der Waals surface area contributed by atoms with Gasteiger partial charge in [-0.3, -0.25) is 9.59 Å². The van der Waals surface area contributed by atoms with E-state index in [2.05, 4.69) is 11.6 Å². The molecule has 10 heteroatoms. The zero-order valence-corrected chi connectivity index (χ0v) is 22.1. The number of esters is 1. The molecule has 37 heavy (non-hydrogen) atoms. The van der Waals surface area contributed by atoms with E-state index in [0.717, 1.165) is 6.08 Å². The van der Waals surface area contributed by atoms with Gasteiger partial charge in [0, 0.05) is 32.4 Å². The number of hydrogen-bond acceptors (Lipinski definition) is 9. The maximum Gasteiger partial charge on any atom is 0.309 e. The predicted octanol–water partition coefficient (Wildman–Crippen LogP) is 3.46. The number of rotatable bonds is 4. The summed E-state index contributed by atoms with van der Waals surface area (Å²) >= 11 is 0. The lowest BCUT2D eigenvalue weighted by Gasteiger charge is -2.35. The molecule has 0 aromatic carbocycles. The number of aromatic nitrogens is 1. The molecule has 0 saturated carbocycles. The van der Waals surface area contributed by atoms with Crippen molar-refractivity contribution in [1.82, 2.24) is 4.98 Å². The summed E-state index contributed by atoms with van der Waals surface area (Å²) in [6.07, 6.45) is -0.916. The Morgan fingerprint density at radius 2 is 2.00 bits per heavy atom. The van der Waals surface area contributed by atoms with E-state index in [4.69, 9.17) is 18.6 Å².